The standard InChI is InChI=1S/C4H6O2.3CH3.Pb/c1-3(2)4(5)6;;;;/h1H2,2H3,(H,5,6);3*1H3;/q;;;;+1/p-1. The van der Waals surface area contributed by atoms with E-state index in [0.717, 1.165) is 0 Å². The van der Waals surface area contributed by atoms with Gasteiger partial charge in [-0.15, -0.1) is 0 Å². The van der Waals surface area contributed by atoms with Gasteiger partial charge in [0.1, 0.15) is 0 Å². The Bertz CT molecular complexity index is 155. The summed E-state index contributed by atoms with van der Waals surface area (Å²) in [6.07, 6.45) is 0. The Labute approximate surface area is 67.6 Å². The van der Waals surface area contributed by atoms with Gasteiger partial charge in [-0.1, -0.05) is 0 Å². The van der Waals surface area contributed by atoms with Gasteiger partial charge in [-0.2, -0.15) is 0 Å². The van der Waals surface area contributed by atoms with Crippen LogP contribution in [0.25, 0.3) is 0 Å². The molecule has 0 aromatic rings. The first kappa shape index (κ1) is 10.1. The van der Waals surface area contributed by atoms with Crippen molar-refractivity contribution >= 4 is 27.6 Å². The maximum absolute atomic E-state index is 10.9. The Hall–Kier alpha value is 0.132. The van der Waals surface area contributed by atoms with E-state index in [4.69, 9.17) is 2.69 Å². The number of rotatable bonds is 2. The molecule has 0 aliphatic heterocycles. The van der Waals surface area contributed by atoms with Crippen LogP contribution in [0.3, 0.4) is 0 Å². The molecule has 0 atom stereocenters. The second kappa shape index (κ2) is 3.50. The first-order chi connectivity index (χ1) is 4.33. The topological polar surface area (TPSA) is 26.3 Å². The van der Waals surface area contributed by atoms with E-state index < -0.39 is 21.6 Å². The van der Waals surface area contributed by atoms with Crippen LogP contribution in [0.1, 0.15) is 6.92 Å². The van der Waals surface area contributed by atoms with Crippen LogP contribution in [0.2, 0.25) is 13.4 Å². The van der Waals surface area contributed by atoms with Gasteiger partial charge in [-0.25, -0.2) is 0 Å². The monoisotopic (exact) mass is 338 g/mol. The van der Waals surface area contributed by atoms with E-state index in [1.807, 2.05) is 13.4 Å². The van der Waals surface area contributed by atoms with Crippen molar-refractivity contribution in [3.8, 4) is 0 Å². The van der Waals surface area contributed by atoms with Crippen molar-refractivity contribution in [3.05, 3.63) is 12.2 Å². The second-order valence-electron chi connectivity index (χ2n) is 3.28. The number of carbonyl (C=O) groups is 1. The van der Waals surface area contributed by atoms with E-state index in [0.29, 0.717) is 5.57 Å². The van der Waals surface area contributed by atoms with Crippen molar-refractivity contribution in [2.75, 3.05) is 0 Å². The molecule has 0 aliphatic rings. The minimum atomic E-state index is -2.47. The Balaban J connectivity index is 3.93. The molecule has 0 N–H and O–H groups in total. The number of hydrogen-bond donors (Lipinski definition) is 0. The van der Waals surface area contributed by atoms with Gasteiger partial charge in [0.05, 0.1) is 0 Å². The molecule has 3 heteroatoms. The third kappa shape index (κ3) is 4.96. The van der Waals surface area contributed by atoms with Gasteiger partial charge in [0.2, 0.25) is 0 Å². The average molecular weight is 337 g/mol. The molecular weight excluding hydrogens is 323 g/mol. The summed E-state index contributed by atoms with van der Waals surface area (Å²) in [5.74, 6) is -0.228. The molecule has 0 bridgehead atoms. The predicted molar refractivity (Wildman–Crippen MR) is 44.3 cm³/mol. The molecule has 0 aromatic carbocycles. The Morgan fingerprint density at radius 3 is 1.90 bits per heavy atom. The van der Waals surface area contributed by atoms with Crippen LogP contribution in [-0.4, -0.2) is 27.6 Å². The molecule has 2 nitrogen and oxygen atoms in total. The van der Waals surface area contributed by atoms with Gasteiger partial charge >= 0.3 is 67.6 Å². The van der Waals surface area contributed by atoms with Gasteiger partial charge in [-0.3, -0.25) is 0 Å². The molecule has 0 heterocycles. The van der Waals surface area contributed by atoms with Gasteiger partial charge in [-0.05, 0) is 0 Å². The van der Waals surface area contributed by atoms with Crippen molar-refractivity contribution in [1.29, 1.82) is 0 Å². The molecule has 0 rings (SSSR count). The van der Waals surface area contributed by atoms with Crippen molar-refractivity contribution in [1.82, 2.24) is 0 Å². The summed E-state index contributed by atoms with van der Waals surface area (Å²) in [5, 5.41) is 0. The van der Waals surface area contributed by atoms with E-state index >= 15 is 0 Å². The predicted octanol–water partition coefficient (Wildman–Crippen LogP) is 1.94. The fraction of sp³-hybridized carbons (Fsp3) is 0.571. The van der Waals surface area contributed by atoms with Crippen LogP contribution in [0.4, 0.5) is 0 Å². The second-order valence-corrected chi connectivity index (χ2v) is 20.5. The van der Waals surface area contributed by atoms with Crippen molar-refractivity contribution in [2.24, 2.45) is 0 Å². The van der Waals surface area contributed by atoms with Crippen molar-refractivity contribution in [2.45, 2.75) is 20.4 Å². The summed E-state index contributed by atoms with van der Waals surface area (Å²) < 4.78 is 11.3. The summed E-state index contributed by atoms with van der Waals surface area (Å²) in [6, 6.07) is 0. The molecule has 0 saturated carbocycles. The fourth-order valence-corrected chi connectivity index (χ4v) is 3.20. The summed E-state index contributed by atoms with van der Waals surface area (Å²) in [6.45, 7) is 5.17. The fourth-order valence-electron chi connectivity index (χ4n) is 0.365. The zero-order valence-corrected chi connectivity index (χ0v) is 10.9. The van der Waals surface area contributed by atoms with Crippen LogP contribution in [0.15, 0.2) is 12.2 Å². The Morgan fingerprint density at radius 2 is 1.80 bits per heavy atom. The zero-order valence-electron chi connectivity index (χ0n) is 7.02. The first-order valence-corrected chi connectivity index (χ1v) is 16.5. The molecule has 10 heavy (non-hydrogen) atoms. The Morgan fingerprint density at radius 1 is 1.40 bits per heavy atom. The van der Waals surface area contributed by atoms with Crippen LogP contribution in [-0.2, 0) is 7.48 Å². The Kier molecular flexibility index (Phi) is 3.55. The number of hydrogen-bond acceptors (Lipinski definition) is 2. The van der Waals surface area contributed by atoms with Crippen LogP contribution in [0.5, 0.6) is 0 Å². The summed E-state index contributed by atoms with van der Waals surface area (Å²) in [7, 11) is 0. The molecule has 0 spiro atoms. The molecule has 0 fully saturated rings. The minimum absolute atomic E-state index is 0.228. The molecule has 0 saturated heterocycles. The van der Waals surface area contributed by atoms with E-state index in [2.05, 4.69) is 6.58 Å². The van der Waals surface area contributed by atoms with E-state index in [1.165, 1.54) is 0 Å². The third-order valence-corrected chi connectivity index (χ3v) is 3.85. The molecular formula is C7H14O2Pb. The average Bonchev–Trinajstić information content (AvgIpc) is 1.60. The normalized spacial score (nSPS) is 10.8. The van der Waals surface area contributed by atoms with Gasteiger partial charge in [0.15, 0.2) is 0 Å². The summed E-state index contributed by atoms with van der Waals surface area (Å²) in [5.41, 5.74) is 0.495. The molecule has 58 valence electrons. The van der Waals surface area contributed by atoms with Gasteiger partial charge < -0.3 is 0 Å². The van der Waals surface area contributed by atoms with Gasteiger partial charge in [0.25, 0.3) is 0 Å². The van der Waals surface area contributed by atoms with Crippen LogP contribution >= 0.6 is 0 Å². The molecule has 0 aliphatic carbocycles. The number of carbonyl (C=O) groups excluding carboxylic acids is 1. The third-order valence-electron chi connectivity index (χ3n) is 0.747. The van der Waals surface area contributed by atoms with E-state index in [1.54, 1.807) is 6.92 Å². The molecule has 0 radical (unpaired) electrons. The van der Waals surface area contributed by atoms with Crippen LogP contribution < -0.4 is 0 Å². The maximum atomic E-state index is 10.9. The van der Waals surface area contributed by atoms with Crippen LogP contribution in [0, 0.1) is 0 Å². The van der Waals surface area contributed by atoms with E-state index in [9.17, 15) is 4.79 Å². The molecule has 0 amide bonds. The van der Waals surface area contributed by atoms with E-state index in [-0.39, 0.29) is 5.97 Å². The van der Waals surface area contributed by atoms with Gasteiger partial charge in [0, 0.05) is 0 Å². The SMILES string of the molecule is C=C(C)C(=O)[O][Pb]([CH3])([CH3])[CH3]. The van der Waals surface area contributed by atoms with Crippen molar-refractivity contribution < 1.29 is 7.48 Å². The first-order valence-electron chi connectivity index (χ1n) is 3.22. The molecule has 0 aromatic heterocycles. The quantitative estimate of drug-likeness (QED) is 0.569. The summed E-state index contributed by atoms with van der Waals surface area (Å²) >= 11 is -2.47. The van der Waals surface area contributed by atoms with Crippen molar-refractivity contribution in [3.63, 3.8) is 0 Å². The summed E-state index contributed by atoms with van der Waals surface area (Å²) in [4.78, 5) is 10.9. The molecule has 0 unspecified atom stereocenters. The zero-order chi connectivity index (χ0) is 8.36.